The number of nitriles is 1. The van der Waals surface area contributed by atoms with Gasteiger partial charge >= 0.3 is 5.97 Å². The highest BCUT2D eigenvalue weighted by atomic mass is 16.5. The minimum Gasteiger partial charge on any atom is -0.489 e. The molecule has 5 heteroatoms. The van der Waals surface area contributed by atoms with Crippen LogP contribution in [0.2, 0.25) is 0 Å². The maximum Gasteiger partial charge on any atom is 0.337 e. The maximum absolute atomic E-state index is 11.3. The molecule has 100 valence electrons. The molecule has 0 aliphatic carbocycles. The van der Waals surface area contributed by atoms with Crippen molar-refractivity contribution >= 4 is 5.97 Å². The summed E-state index contributed by atoms with van der Waals surface area (Å²) in [7, 11) is 1.34. The summed E-state index contributed by atoms with van der Waals surface area (Å²) in [4.78, 5) is 15.2. The Bertz CT molecular complexity index is 645. The van der Waals surface area contributed by atoms with Crippen LogP contribution in [0.15, 0.2) is 42.6 Å². The van der Waals surface area contributed by atoms with Crippen molar-refractivity contribution in [1.29, 1.82) is 5.26 Å². The topological polar surface area (TPSA) is 72.2 Å². The number of ether oxygens (including phenoxy) is 2. The van der Waals surface area contributed by atoms with Gasteiger partial charge in [0.1, 0.15) is 24.1 Å². The summed E-state index contributed by atoms with van der Waals surface area (Å²) < 4.78 is 10.2. The molecule has 20 heavy (non-hydrogen) atoms. The molecule has 2 aromatic rings. The van der Waals surface area contributed by atoms with Crippen molar-refractivity contribution in [3.63, 3.8) is 0 Å². The summed E-state index contributed by atoms with van der Waals surface area (Å²) in [6, 6.07) is 12.1. The molecule has 0 bridgehead atoms. The van der Waals surface area contributed by atoms with Crippen molar-refractivity contribution in [2.24, 2.45) is 0 Å². The number of aromatic nitrogens is 1. The molecule has 5 nitrogen and oxygen atoms in total. The summed E-state index contributed by atoms with van der Waals surface area (Å²) in [5.74, 6) is 0.248. The number of methoxy groups -OCH3 is 1. The monoisotopic (exact) mass is 268 g/mol. The van der Waals surface area contributed by atoms with Crippen LogP contribution in [0.25, 0.3) is 0 Å². The summed E-state index contributed by atoms with van der Waals surface area (Å²) in [6.07, 6.45) is 1.57. The van der Waals surface area contributed by atoms with Crippen LogP contribution in [-0.4, -0.2) is 18.1 Å². The normalized spacial score (nSPS) is 9.60. The molecule has 0 spiro atoms. The lowest BCUT2D eigenvalue weighted by atomic mass is 10.2. The van der Waals surface area contributed by atoms with Crippen molar-refractivity contribution in [3.05, 3.63) is 59.4 Å². The Hall–Kier alpha value is -2.87. The molecule has 0 N–H and O–H groups in total. The molecule has 1 aromatic heterocycles. The molecule has 0 fully saturated rings. The number of esters is 1. The van der Waals surface area contributed by atoms with E-state index in [2.05, 4.69) is 9.72 Å². The van der Waals surface area contributed by atoms with Crippen molar-refractivity contribution in [1.82, 2.24) is 4.98 Å². The van der Waals surface area contributed by atoms with Crippen LogP contribution in [-0.2, 0) is 11.3 Å². The molecule has 0 amide bonds. The minimum atomic E-state index is -0.385. The molecule has 0 saturated heterocycles. The van der Waals surface area contributed by atoms with Crippen molar-refractivity contribution in [3.8, 4) is 11.8 Å². The van der Waals surface area contributed by atoms with Crippen LogP contribution in [0.3, 0.4) is 0 Å². The van der Waals surface area contributed by atoms with Gasteiger partial charge in [-0.15, -0.1) is 0 Å². The zero-order chi connectivity index (χ0) is 14.4. The van der Waals surface area contributed by atoms with Gasteiger partial charge < -0.3 is 9.47 Å². The first-order chi connectivity index (χ1) is 9.72. The summed E-state index contributed by atoms with van der Waals surface area (Å²) in [5, 5.41) is 8.76. The van der Waals surface area contributed by atoms with Crippen LogP contribution in [0, 0.1) is 11.3 Å². The third-order valence-corrected chi connectivity index (χ3v) is 2.62. The Morgan fingerprint density at radius 3 is 2.70 bits per heavy atom. The van der Waals surface area contributed by atoms with Gasteiger partial charge in [0.15, 0.2) is 0 Å². The van der Waals surface area contributed by atoms with Crippen LogP contribution >= 0.6 is 0 Å². The molecule has 0 unspecified atom stereocenters. The first-order valence-corrected chi connectivity index (χ1v) is 5.89. The molecule has 0 aliphatic heterocycles. The lowest BCUT2D eigenvalue weighted by Crippen LogP contribution is -2.01. The van der Waals surface area contributed by atoms with E-state index < -0.39 is 0 Å². The van der Waals surface area contributed by atoms with E-state index in [1.807, 2.05) is 6.07 Å². The molecule has 0 atom stereocenters. The summed E-state index contributed by atoms with van der Waals surface area (Å²) in [6.45, 7) is 0.328. The van der Waals surface area contributed by atoms with Crippen LogP contribution in [0.1, 0.15) is 21.6 Å². The quantitative estimate of drug-likeness (QED) is 0.796. The van der Waals surface area contributed by atoms with Crippen molar-refractivity contribution in [2.45, 2.75) is 6.61 Å². The van der Waals surface area contributed by atoms with Crippen molar-refractivity contribution in [2.75, 3.05) is 7.11 Å². The Balaban J connectivity index is 2.00. The fourth-order valence-electron chi connectivity index (χ4n) is 1.60. The minimum absolute atomic E-state index is 0.328. The second kappa shape index (κ2) is 6.34. The van der Waals surface area contributed by atoms with Crippen LogP contribution in [0.5, 0.6) is 5.75 Å². The summed E-state index contributed by atoms with van der Waals surface area (Å²) >= 11 is 0. The highest BCUT2D eigenvalue weighted by molar-refractivity contribution is 5.89. The van der Waals surface area contributed by atoms with E-state index in [-0.39, 0.29) is 5.97 Å². The number of hydrogen-bond donors (Lipinski definition) is 0. The van der Waals surface area contributed by atoms with E-state index in [1.54, 1.807) is 42.6 Å². The second-order valence-corrected chi connectivity index (χ2v) is 3.97. The second-order valence-electron chi connectivity index (χ2n) is 3.97. The Kier molecular flexibility index (Phi) is 4.30. The lowest BCUT2D eigenvalue weighted by molar-refractivity contribution is 0.0600. The standard InChI is InChI=1S/C15H12N2O3/c1-19-15(18)12-2-4-14(5-3-12)20-10-11-6-7-17-13(8-11)9-16/h2-8H,10H2,1H3. The number of rotatable bonds is 4. The third-order valence-electron chi connectivity index (χ3n) is 2.62. The highest BCUT2D eigenvalue weighted by Gasteiger charge is 2.05. The van der Waals surface area contributed by atoms with E-state index in [0.29, 0.717) is 23.6 Å². The molecule has 2 rings (SSSR count). The van der Waals surface area contributed by atoms with Gasteiger partial charge in [0.2, 0.25) is 0 Å². The number of carbonyl (C=O) groups excluding carboxylic acids is 1. The third kappa shape index (κ3) is 3.33. The predicted octanol–water partition coefficient (Wildman–Crippen LogP) is 2.32. The van der Waals surface area contributed by atoms with Gasteiger partial charge in [0.25, 0.3) is 0 Å². The highest BCUT2D eigenvalue weighted by Crippen LogP contribution is 2.15. The predicted molar refractivity (Wildman–Crippen MR) is 71.1 cm³/mol. The number of pyridine rings is 1. The number of hydrogen-bond acceptors (Lipinski definition) is 5. The zero-order valence-corrected chi connectivity index (χ0v) is 10.9. The average molecular weight is 268 g/mol. The lowest BCUT2D eigenvalue weighted by Gasteiger charge is -2.07. The fraction of sp³-hybridized carbons (Fsp3) is 0.133. The first-order valence-electron chi connectivity index (χ1n) is 5.89. The maximum atomic E-state index is 11.3. The molecular weight excluding hydrogens is 256 g/mol. The van der Waals surface area contributed by atoms with Crippen molar-refractivity contribution < 1.29 is 14.3 Å². The van der Waals surface area contributed by atoms with Gasteiger partial charge in [0, 0.05) is 6.20 Å². The van der Waals surface area contributed by atoms with E-state index in [0.717, 1.165) is 5.56 Å². The Labute approximate surface area is 116 Å². The number of nitrogens with zero attached hydrogens (tertiary/aromatic N) is 2. The largest absolute Gasteiger partial charge is 0.489 e. The van der Waals surface area contributed by atoms with E-state index >= 15 is 0 Å². The first kappa shape index (κ1) is 13.6. The van der Waals surface area contributed by atoms with Gasteiger partial charge in [-0.05, 0) is 42.0 Å². The van der Waals surface area contributed by atoms with Crippen LogP contribution in [0.4, 0.5) is 0 Å². The molecule has 0 saturated carbocycles. The summed E-state index contributed by atoms with van der Waals surface area (Å²) in [5.41, 5.74) is 1.68. The average Bonchev–Trinajstić information content (AvgIpc) is 2.53. The van der Waals surface area contributed by atoms with Gasteiger partial charge in [-0.25, -0.2) is 9.78 Å². The Morgan fingerprint density at radius 1 is 1.30 bits per heavy atom. The fourth-order valence-corrected chi connectivity index (χ4v) is 1.60. The smallest absolute Gasteiger partial charge is 0.337 e. The molecule has 1 heterocycles. The Morgan fingerprint density at radius 2 is 2.05 bits per heavy atom. The molecule has 0 aliphatic rings. The van der Waals surface area contributed by atoms with Gasteiger partial charge in [-0.1, -0.05) is 0 Å². The SMILES string of the molecule is COC(=O)c1ccc(OCc2ccnc(C#N)c2)cc1. The van der Waals surface area contributed by atoms with Crippen LogP contribution < -0.4 is 4.74 Å². The zero-order valence-electron chi connectivity index (χ0n) is 10.9. The molecule has 0 radical (unpaired) electrons. The molecular formula is C15H12N2O3. The van der Waals surface area contributed by atoms with Gasteiger partial charge in [-0.3, -0.25) is 0 Å². The van der Waals surface area contributed by atoms with Gasteiger partial charge in [0.05, 0.1) is 12.7 Å². The number of benzene rings is 1. The van der Waals surface area contributed by atoms with E-state index in [9.17, 15) is 4.79 Å². The molecule has 1 aromatic carbocycles. The number of carbonyl (C=O) groups is 1. The van der Waals surface area contributed by atoms with Gasteiger partial charge in [-0.2, -0.15) is 5.26 Å². The van der Waals surface area contributed by atoms with E-state index in [1.165, 1.54) is 7.11 Å². The van der Waals surface area contributed by atoms with E-state index in [4.69, 9.17) is 10.00 Å².